The van der Waals surface area contributed by atoms with Gasteiger partial charge in [-0.2, -0.15) is 0 Å². The first-order valence-electron chi connectivity index (χ1n) is 8.70. The van der Waals surface area contributed by atoms with E-state index in [1.165, 1.54) is 20.0 Å². The van der Waals surface area contributed by atoms with Crippen LogP contribution in [0, 0.1) is 0 Å². The number of hydrogen-bond acceptors (Lipinski definition) is 7. The zero-order chi connectivity index (χ0) is 22.0. The molecule has 0 unspecified atom stereocenters. The van der Waals surface area contributed by atoms with Gasteiger partial charge in [0.25, 0.3) is 11.5 Å². The number of aromatic nitrogens is 2. The number of carbonyl (C=O) groups is 2. The summed E-state index contributed by atoms with van der Waals surface area (Å²) in [6, 6.07) is 11.9. The van der Waals surface area contributed by atoms with E-state index in [1.807, 2.05) is 0 Å². The zero-order valence-corrected chi connectivity index (χ0v) is 16.1. The van der Waals surface area contributed by atoms with Gasteiger partial charge in [0.1, 0.15) is 23.0 Å². The molecule has 0 saturated heterocycles. The largest absolute Gasteiger partial charge is 0.508 e. The highest BCUT2D eigenvalue weighted by molar-refractivity contribution is 6.06. The third kappa shape index (κ3) is 3.92. The first-order chi connectivity index (χ1) is 14.2. The zero-order valence-electron chi connectivity index (χ0n) is 16.1. The molecule has 1 heterocycles. The molecule has 0 atom stereocenters. The average molecular weight is 410 g/mol. The maximum absolute atomic E-state index is 12.7. The molecular formula is C20H18N4O6. The van der Waals surface area contributed by atoms with Crippen LogP contribution < -0.4 is 27.0 Å². The molecule has 0 aliphatic rings. The molecule has 2 aromatic carbocycles. The summed E-state index contributed by atoms with van der Waals surface area (Å²) in [6.45, 7) is 1.17. The summed E-state index contributed by atoms with van der Waals surface area (Å²) in [5, 5.41) is 12.2. The van der Waals surface area contributed by atoms with Crippen LogP contribution >= 0.6 is 0 Å². The van der Waals surface area contributed by atoms with Crippen LogP contribution in [-0.4, -0.2) is 26.1 Å². The van der Waals surface area contributed by atoms with E-state index in [2.05, 4.69) is 5.32 Å². The number of anilines is 2. The third-order valence-electron chi connectivity index (χ3n) is 4.16. The topological polar surface area (TPSA) is 146 Å². The molecular weight excluding hydrogens is 392 g/mol. The molecule has 10 nitrogen and oxygen atoms in total. The van der Waals surface area contributed by atoms with Crippen molar-refractivity contribution in [1.82, 2.24) is 9.13 Å². The van der Waals surface area contributed by atoms with Gasteiger partial charge in [-0.05, 0) is 24.3 Å². The van der Waals surface area contributed by atoms with Crippen LogP contribution in [0.2, 0.25) is 0 Å². The summed E-state index contributed by atoms with van der Waals surface area (Å²) >= 11 is 0. The fraction of sp³-hybridized carbons (Fsp3) is 0.100. The number of esters is 1. The lowest BCUT2D eigenvalue weighted by molar-refractivity contribution is -0.131. The number of phenols is 1. The predicted octanol–water partition coefficient (Wildman–Crippen LogP) is 1.00. The summed E-state index contributed by atoms with van der Waals surface area (Å²) in [4.78, 5) is 49.0. The van der Waals surface area contributed by atoms with Crippen molar-refractivity contribution in [3.63, 3.8) is 0 Å². The fourth-order valence-corrected chi connectivity index (χ4v) is 2.80. The number of nitrogens with zero attached hydrogens (tertiary/aromatic N) is 2. The van der Waals surface area contributed by atoms with E-state index in [0.29, 0.717) is 5.69 Å². The van der Waals surface area contributed by atoms with Gasteiger partial charge in [-0.3, -0.25) is 19.0 Å². The third-order valence-corrected chi connectivity index (χ3v) is 4.16. The summed E-state index contributed by atoms with van der Waals surface area (Å²) in [5.74, 6) is -2.08. The van der Waals surface area contributed by atoms with Gasteiger partial charge in [-0.25, -0.2) is 9.36 Å². The van der Waals surface area contributed by atoms with Gasteiger partial charge in [-0.1, -0.05) is 18.2 Å². The molecule has 3 rings (SSSR count). The minimum absolute atomic E-state index is 0.0530. The summed E-state index contributed by atoms with van der Waals surface area (Å²) in [5.41, 5.74) is 4.56. The lowest BCUT2D eigenvalue weighted by atomic mass is 10.2. The van der Waals surface area contributed by atoms with Gasteiger partial charge in [0.15, 0.2) is 0 Å². The van der Waals surface area contributed by atoms with Crippen LogP contribution in [-0.2, 0) is 11.8 Å². The molecule has 0 spiro atoms. The highest BCUT2D eigenvalue weighted by atomic mass is 16.5. The fourth-order valence-electron chi connectivity index (χ4n) is 2.80. The maximum atomic E-state index is 12.7. The molecule has 0 radical (unpaired) electrons. The number of benzene rings is 2. The predicted molar refractivity (Wildman–Crippen MR) is 109 cm³/mol. The Morgan fingerprint density at radius 1 is 1.10 bits per heavy atom. The SMILES string of the molecule is CC(=O)Oc1cc(O)cc(C(=O)Nc2c(N)n(-c3ccccc3)c(=O)n(C)c2=O)c1. The normalized spacial score (nSPS) is 10.5. The molecule has 1 aromatic heterocycles. The Hall–Kier alpha value is -4.34. The van der Waals surface area contributed by atoms with Crippen molar-refractivity contribution in [1.29, 1.82) is 0 Å². The molecule has 0 fully saturated rings. The molecule has 10 heteroatoms. The summed E-state index contributed by atoms with van der Waals surface area (Å²) < 4.78 is 6.78. The van der Waals surface area contributed by atoms with Crippen LogP contribution in [0.4, 0.5) is 11.5 Å². The average Bonchev–Trinajstić information content (AvgIpc) is 2.69. The maximum Gasteiger partial charge on any atom is 0.337 e. The van der Waals surface area contributed by atoms with Gasteiger partial charge in [-0.15, -0.1) is 0 Å². The Kier molecular flexibility index (Phi) is 5.41. The van der Waals surface area contributed by atoms with Crippen molar-refractivity contribution in [2.75, 3.05) is 11.1 Å². The molecule has 0 saturated carbocycles. The molecule has 154 valence electrons. The van der Waals surface area contributed by atoms with Crippen LogP contribution in [0.25, 0.3) is 5.69 Å². The van der Waals surface area contributed by atoms with Crippen molar-refractivity contribution < 1.29 is 19.4 Å². The number of phenolic OH excluding ortho intramolecular Hbond substituents is 1. The van der Waals surface area contributed by atoms with E-state index in [9.17, 15) is 24.3 Å². The molecule has 3 aromatic rings. The number of hydrogen-bond donors (Lipinski definition) is 3. The van der Waals surface area contributed by atoms with Gasteiger partial charge >= 0.3 is 11.7 Å². The Bertz CT molecular complexity index is 1260. The molecule has 1 amide bonds. The van der Waals surface area contributed by atoms with Gasteiger partial charge in [0, 0.05) is 25.6 Å². The molecule has 0 bridgehead atoms. The second kappa shape index (κ2) is 7.95. The van der Waals surface area contributed by atoms with Crippen LogP contribution in [0.1, 0.15) is 17.3 Å². The lowest BCUT2D eigenvalue weighted by Gasteiger charge is -2.16. The van der Waals surface area contributed by atoms with Crippen LogP contribution in [0.15, 0.2) is 58.1 Å². The van der Waals surface area contributed by atoms with Gasteiger partial charge in [0.05, 0.1) is 5.69 Å². The van der Waals surface area contributed by atoms with Crippen molar-refractivity contribution in [2.45, 2.75) is 6.92 Å². The molecule has 4 N–H and O–H groups in total. The number of aromatic hydroxyl groups is 1. The summed E-state index contributed by atoms with van der Waals surface area (Å²) in [7, 11) is 1.26. The number of rotatable bonds is 4. The number of carbonyl (C=O) groups excluding carboxylic acids is 2. The van der Waals surface area contributed by atoms with Crippen molar-refractivity contribution >= 4 is 23.4 Å². The number of nitrogens with one attached hydrogen (secondary N) is 1. The van der Waals surface area contributed by atoms with E-state index < -0.39 is 23.1 Å². The number of ether oxygens (including phenoxy) is 1. The Labute approximate surface area is 169 Å². The van der Waals surface area contributed by atoms with Crippen LogP contribution in [0.5, 0.6) is 11.5 Å². The first-order valence-corrected chi connectivity index (χ1v) is 8.70. The molecule has 0 aliphatic heterocycles. The Morgan fingerprint density at radius 2 is 1.77 bits per heavy atom. The van der Waals surface area contributed by atoms with E-state index >= 15 is 0 Å². The summed E-state index contributed by atoms with van der Waals surface area (Å²) in [6.07, 6.45) is 0. The second-order valence-corrected chi connectivity index (χ2v) is 6.34. The monoisotopic (exact) mass is 410 g/mol. The number of amides is 1. The molecule has 0 aliphatic carbocycles. The number of nitrogen functional groups attached to an aromatic ring is 1. The second-order valence-electron chi connectivity index (χ2n) is 6.34. The Balaban J connectivity index is 2.08. The quantitative estimate of drug-likeness (QED) is 0.430. The van der Waals surface area contributed by atoms with Crippen molar-refractivity contribution in [2.24, 2.45) is 7.05 Å². The van der Waals surface area contributed by atoms with Crippen molar-refractivity contribution in [3.8, 4) is 17.2 Å². The van der Waals surface area contributed by atoms with E-state index in [0.717, 1.165) is 21.3 Å². The number of para-hydroxylation sites is 1. The smallest absolute Gasteiger partial charge is 0.337 e. The van der Waals surface area contributed by atoms with Crippen LogP contribution in [0.3, 0.4) is 0 Å². The van der Waals surface area contributed by atoms with E-state index in [-0.39, 0.29) is 28.6 Å². The standard InChI is InChI=1S/C20H18N4O6/c1-11(25)30-15-9-12(8-14(26)10-15)18(27)22-16-17(21)24(13-6-4-3-5-7-13)20(29)23(2)19(16)28/h3-10,26H,21H2,1-2H3,(H,22,27). The van der Waals surface area contributed by atoms with Gasteiger partial charge < -0.3 is 20.9 Å². The van der Waals surface area contributed by atoms with E-state index in [4.69, 9.17) is 10.5 Å². The highest BCUT2D eigenvalue weighted by Gasteiger charge is 2.20. The minimum atomic E-state index is -0.807. The highest BCUT2D eigenvalue weighted by Crippen LogP contribution is 2.23. The first kappa shape index (κ1) is 20.4. The van der Waals surface area contributed by atoms with Gasteiger partial charge in [0.2, 0.25) is 0 Å². The van der Waals surface area contributed by atoms with E-state index in [1.54, 1.807) is 30.3 Å². The Morgan fingerprint density at radius 3 is 2.40 bits per heavy atom. The lowest BCUT2D eigenvalue weighted by Crippen LogP contribution is -2.40. The minimum Gasteiger partial charge on any atom is -0.508 e. The molecule has 30 heavy (non-hydrogen) atoms. The van der Waals surface area contributed by atoms with Crippen molar-refractivity contribution in [3.05, 3.63) is 74.9 Å². The number of nitrogens with two attached hydrogens (primary N) is 1.